The summed E-state index contributed by atoms with van der Waals surface area (Å²) in [5.41, 5.74) is 3.05. The normalized spacial score (nSPS) is 17.1. The number of amides is 2. The van der Waals surface area contributed by atoms with Crippen molar-refractivity contribution in [2.24, 2.45) is 0 Å². The molecule has 0 bridgehead atoms. The van der Waals surface area contributed by atoms with Crippen molar-refractivity contribution in [3.8, 4) is 5.75 Å². The highest BCUT2D eigenvalue weighted by atomic mass is 16.5. The highest BCUT2D eigenvalue weighted by Crippen LogP contribution is 2.24. The van der Waals surface area contributed by atoms with Crippen molar-refractivity contribution in [1.29, 1.82) is 0 Å². The topological polar surface area (TPSA) is 107 Å². The maximum atomic E-state index is 12.7. The fourth-order valence-electron chi connectivity index (χ4n) is 5.03. The number of aromatic nitrogens is 1. The summed E-state index contributed by atoms with van der Waals surface area (Å²) < 4.78 is 5.60. The van der Waals surface area contributed by atoms with Crippen LogP contribution in [0.3, 0.4) is 0 Å². The molecule has 2 aliphatic heterocycles. The lowest BCUT2D eigenvalue weighted by Gasteiger charge is -2.32. The van der Waals surface area contributed by atoms with Crippen LogP contribution in [0.1, 0.15) is 54.6 Å². The highest BCUT2D eigenvalue weighted by molar-refractivity contribution is 5.94. The minimum absolute atomic E-state index is 0.181. The van der Waals surface area contributed by atoms with Gasteiger partial charge in [-0.15, -0.1) is 0 Å². The quantitative estimate of drug-likeness (QED) is 0.452. The number of fused-ring (bicyclic) bond motifs is 1. The number of hydrogen-bond acceptors (Lipinski definition) is 7. The van der Waals surface area contributed by atoms with Gasteiger partial charge in [-0.25, -0.2) is 4.98 Å². The average molecular weight is 510 g/mol. The Kier molecular flexibility index (Phi) is 9.35. The van der Waals surface area contributed by atoms with Crippen molar-refractivity contribution >= 4 is 17.6 Å². The number of likely N-dealkylation sites (tertiary alicyclic amines) is 1. The van der Waals surface area contributed by atoms with Gasteiger partial charge >= 0.3 is 0 Å². The number of piperidine rings is 1. The van der Waals surface area contributed by atoms with Crippen molar-refractivity contribution in [3.63, 3.8) is 0 Å². The van der Waals surface area contributed by atoms with Crippen molar-refractivity contribution in [2.75, 3.05) is 44.6 Å². The SMILES string of the molecule is CCOc1ccc2c(c1)CCN(C[C@@H](O)CNC(=O)c1ccnc(NC3CCN(C(=O)CC)CC3)c1)C2. The van der Waals surface area contributed by atoms with Crippen LogP contribution in [0.25, 0.3) is 0 Å². The standard InChI is InChI=1S/C28H39N5O4/c1-3-27(35)33-13-9-23(10-14-33)31-26-16-21(7-11-29-26)28(36)30-17-24(34)19-32-12-8-20-15-25(37-4-2)6-5-22(20)18-32/h5-7,11,15-16,23-24,34H,3-4,8-10,12-14,17-19H2,1-2H3,(H,29,31)(H,30,36)/t24-/m0/s1. The molecular weight excluding hydrogens is 470 g/mol. The van der Waals surface area contributed by atoms with E-state index in [1.54, 1.807) is 18.3 Å². The van der Waals surface area contributed by atoms with E-state index < -0.39 is 6.10 Å². The van der Waals surface area contributed by atoms with Gasteiger partial charge in [0.1, 0.15) is 11.6 Å². The molecule has 37 heavy (non-hydrogen) atoms. The molecule has 3 N–H and O–H groups in total. The summed E-state index contributed by atoms with van der Waals surface area (Å²) in [5, 5.41) is 16.8. The first-order chi connectivity index (χ1) is 17.9. The van der Waals surface area contributed by atoms with E-state index in [2.05, 4.69) is 32.7 Å². The number of hydrogen-bond donors (Lipinski definition) is 3. The summed E-state index contributed by atoms with van der Waals surface area (Å²) >= 11 is 0. The highest BCUT2D eigenvalue weighted by Gasteiger charge is 2.23. The molecule has 9 nitrogen and oxygen atoms in total. The molecular formula is C28H39N5O4. The molecule has 0 aliphatic carbocycles. The fraction of sp³-hybridized carbons (Fsp3) is 0.536. The number of carbonyl (C=O) groups excluding carboxylic acids is 2. The molecule has 1 aromatic heterocycles. The summed E-state index contributed by atoms with van der Waals surface area (Å²) in [6.45, 7) is 8.30. The first-order valence-corrected chi connectivity index (χ1v) is 13.4. The fourth-order valence-corrected chi connectivity index (χ4v) is 5.03. The monoisotopic (exact) mass is 509 g/mol. The zero-order chi connectivity index (χ0) is 26.2. The summed E-state index contributed by atoms with van der Waals surface area (Å²) in [7, 11) is 0. The van der Waals surface area contributed by atoms with Crippen LogP contribution < -0.4 is 15.4 Å². The Morgan fingerprint density at radius 3 is 2.70 bits per heavy atom. The number of rotatable bonds is 10. The molecule has 1 saturated heterocycles. The zero-order valence-corrected chi connectivity index (χ0v) is 21.9. The van der Waals surface area contributed by atoms with E-state index in [0.717, 1.165) is 51.2 Å². The molecule has 1 fully saturated rings. The molecule has 1 atom stereocenters. The van der Waals surface area contributed by atoms with Crippen LogP contribution in [0.4, 0.5) is 5.82 Å². The molecule has 3 heterocycles. The second kappa shape index (κ2) is 12.9. The molecule has 1 aromatic carbocycles. The van der Waals surface area contributed by atoms with E-state index in [-0.39, 0.29) is 24.4 Å². The van der Waals surface area contributed by atoms with Gasteiger partial charge in [0.15, 0.2) is 0 Å². The van der Waals surface area contributed by atoms with Crippen LogP contribution in [-0.2, 0) is 17.8 Å². The van der Waals surface area contributed by atoms with Gasteiger partial charge in [0.05, 0.1) is 12.7 Å². The van der Waals surface area contributed by atoms with Gasteiger partial charge < -0.3 is 25.4 Å². The Balaban J connectivity index is 1.22. The van der Waals surface area contributed by atoms with E-state index in [0.29, 0.717) is 31.0 Å². The molecule has 0 unspecified atom stereocenters. The first kappa shape index (κ1) is 26.9. The Hall–Kier alpha value is -3.17. The number of anilines is 1. The Morgan fingerprint density at radius 1 is 1.14 bits per heavy atom. The van der Waals surface area contributed by atoms with Crippen molar-refractivity contribution in [1.82, 2.24) is 20.1 Å². The number of pyridine rings is 1. The Morgan fingerprint density at radius 2 is 1.95 bits per heavy atom. The van der Waals surface area contributed by atoms with E-state index >= 15 is 0 Å². The molecule has 0 saturated carbocycles. The lowest BCUT2D eigenvalue weighted by molar-refractivity contribution is -0.131. The first-order valence-electron chi connectivity index (χ1n) is 13.4. The third kappa shape index (κ3) is 7.42. The second-order valence-electron chi connectivity index (χ2n) is 9.80. The number of ether oxygens (including phenoxy) is 1. The van der Waals surface area contributed by atoms with Gasteiger partial charge in [-0.3, -0.25) is 14.5 Å². The van der Waals surface area contributed by atoms with E-state index in [1.807, 2.05) is 24.8 Å². The van der Waals surface area contributed by atoms with Gasteiger partial charge in [-0.1, -0.05) is 13.0 Å². The number of aliphatic hydroxyl groups excluding tert-OH is 1. The minimum atomic E-state index is -0.663. The predicted molar refractivity (Wildman–Crippen MR) is 143 cm³/mol. The molecule has 2 aliphatic rings. The smallest absolute Gasteiger partial charge is 0.251 e. The summed E-state index contributed by atoms with van der Waals surface area (Å²) in [4.78, 5) is 33.1. The van der Waals surface area contributed by atoms with Crippen LogP contribution in [0, 0.1) is 0 Å². The molecule has 2 aromatic rings. The number of carbonyl (C=O) groups is 2. The summed E-state index contributed by atoms with van der Waals surface area (Å²) in [5.74, 6) is 1.51. The maximum Gasteiger partial charge on any atom is 0.251 e. The van der Waals surface area contributed by atoms with E-state index in [9.17, 15) is 14.7 Å². The lowest BCUT2D eigenvalue weighted by Crippen LogP contribution is -2.42. The molecule has 200 valence electrons. The molecule has 2 amide bonds. The molecule has 0 spiro atoms. The van der Waals surface area contributed by atoms with Crippen LogP contribution in [0.5, 0.6) is 5.75 Å². The number of aliphatic hydroxyl groups is 1. The van der Waals surface area contributed by atoms with Crippen LogP contribution in [0.15, 0.2) is 36.5 Å². The van der Waals surface area contributed by atoms with Gasteiger partial charge in [0, 0.05) is 63.5 Å². The molecule has 4 rings (SSSR count). The van der Waals surface area contributed by atoms with E-state index in [4.69, 9.17) is 4.74 Å². The number of benzene rings is 1. The summed E-state index contributed by atoms with van der Waals surface area (Å²) in [6.07, 6.45) is 4.10. The zero-order valence-electron chi connectivity index (χ0n) is 21.9. The Labute approximate surface area is 219 Å². The average Bonchev–Trinajstić information content (AvgIpc) is 2.92. The van der Waals surface area contributed by atoms with Crippen molar-refractivity contribution in [2.45, 2.75) is 58.2 Å². The number of β-amino-alcohol motifs (C(OH)–C–C–N with tert-alkyl or cyclic N) is 1. The van der Waals surface area contributed by atoms with Crippen LogP contribution in [-0.4, -0.2) is 83.2 Å². The maximum absolute atomic E-state index is 12.7. The Bertz CT molecular complexity index is 1070. The second-order valence-corrected chi connectivity index (χ2v) is 9.80. The van der Waals surface area contributed by atoms with Gasteiger partial charge in [0.2, 0.25) is 5.91 Å². The van der Waals surface area contributed by atoms with Gasteiger partial charge in [-0.2, -0.15) is 0 Å². The van der Waals surface area contributed by atoms with Crippen molar-refractivity contribution in [3.05, 3.63) is 53.2 Å². The predicted octanol–water partition coefficient (Wildman–Crippen LogP) is 2.44. The number of nitrogens with zero attached hydrogens (tertiary/aromatic N) is 3. The minimum Gasteiger partial charge on any atom is -0.494 e. The van der Waals surface area contributed by atoms with Crippen molar-refractivity contribution < 1.29 is 19.4 Å². The largest absolute Gasteiger partial charge is 0.494 e. The van der Waals surface area contributed by atoms with Gasteiger partial charge in [-0.05, 0) is 61.6 Å². The lowest BCUT2D eigenvalue weighted by atomic mass is 9.99. The van der Waals surface area contributed by atoms with E-state index in [1.165, 1.54) is 11.1 Å². The number of nitrogens with one attached hydrogen (secondary N) is 2. The van der Waals surface area contributed by atoms with Gasteiger partial charge in [0.25, 0.3) is 5.91 Å². The third-order valence-corrected chi connectivity index (χ3v) is 7.07. The van der Waals surface area contributed by atoms with Crippen LogP contribution >= 0.6 is 0 Å². The van der Waals surface area contributed by atoms with Crippen LogP contribution in [0.2, 0.25) is 0 Å². The summed E-state index contributed by atoms with van der Waals surface area (Å²) in [6, 6.07) is 9.84. The molecule has 0 radical (unpaired) electrons. The molecule has 9 heteroatoms. The third-order valence-electron chi connectivity index (χ3n) is 7.07.